The number of aromatic nitrogens is 1. The first-order valence-corrected chi connectivity index (χ1v) is 13.2. The normalized spacial score (nSPS) is 12.1. The molecule has 0 saturated heterocycles. The number of nitrogens with zero attached hydrogens (tertiary/aromatic N) is 2. The molecule has 0 aliphatic heterocycles. The third kappa shape index (κ3) is 6.58. The Morgan fingerprint density at radius 1 is 0.939 bits per heavy atom. The highest BCUT2D eigenvalue weighted by Gasteiger charge is 2.15. The molecule has 1 aromatic heterocycles. The van der Waals surface area contributed by atoms with Crippen LogP contribution in [0, 0.1) is 0 Å². The van der Waals surface area contributed by atoms with Crippen molar-refractivity contribution in [3.63, 3.8) is 0 Å². The summed E-state index contributed by atoms with van der Waals surface area (Å²) in [4.78, 5) is 18.2. The summed E-state index contributed by atoms with van der Waals surface area (Å²) in [6, 6.07) is 17.4. The number of likely N-dealkylation sites (N-methyl/N-ethyl adjacent to an activating group) is 1. The van der Waals surface area contributed by atoms with E-state index >= 15 is 0 Å². The van der Waals surface area contributed by atoms with Gasteiger partial charge in [-0.05, 0) is 60.2 Å². The van der Waals surface area contributed by atoms with Crippen molar-refractivity contribution < 1.29 is 21.6 Å². The molecule has 3 rings (SSSR count). The lowest BCUT2D eigenvalue weighted by Crippen LogP contribution is -2.25. The molecule has 172 valence electrons. The van der Waals surface area contributed by atoms with E-state index in [4.69, 9.17) is 0 Å². The van der Waals surface area contributed by atoms with Gasteiger partial charge in [-0.1, -0.05) is 18.2 Å². The summed E-state index contributed by atoms with van der Waals surface area (Å²) >= 11 is 0. The monoisotopic (exact) mass is 485 g/mol. The molecule has 0 unspecified atom stereocenters. The Bertz CT molecular complexity index is 1350. The Morgan fingerprint density at radius 3 is 2.15 bits per heavy atom. The fourth-order valence-electron chi connectivity index (χ4n) is 2.84. The van der Waals surface area contributed by atoms with Crippen LogP contribution in [0.5, 0.6) is 0 Å². The number of nitrogens with one attached hydrogen (secondary N) is 1. The standard InChI is InChI=1S/C23H23N3O5S2/c1-26(23(27)15-8-18-6-11-21(12-7-18)32(2,28)29)20-9-13-22(14-10-20)33(30,31)25-17-19-5-3-4-16-24-19/h3-16,25H,17H2,1-2H3/b15-8+. The number of hydrogen-bond acceptors (Lipinski definition) is 6. The van der Waals surface area contributed by atoms with Crippen LogP contribution in [0.4, 0.5) is 5.69 Å². The smallest absolute Gasteiger partial charge is 0.250 e. The molecule has 3 aromatic rings. The highest BCUT2D eigenvalue weighted by molar-refractivity contribution is 7.90. The quantitative estimate of drug-likeness (QED) is 0.491. The fourth-order valence-corrected chi connectivity index (χ4v) is 4.47. The third-order valence-electron chi connectivity index (χ3n) is 4.76. The average molecular weight is 486 g/mol. The largest absolute Gasteiger partial charge is 0.312 e. The van der Waals surface area contributed by atoms with E-state index in [0.717, 1.165) is 6.26 Å². The predicted octanol–water partition coefficient (Wildman–Crippen LogP) is 2.64. The summed E-state index contributed by atoms with van der Waals surface area (Å²) in [5.74, 6) is -0.328. The molecule has 33 heavy (non-hydrogen) atoms. The molecular weight excluding hydrogens is 462 g/mol. The molecule has 1 heterocycles. The zero-order chi connectivity index (χ0) is 24.1. The van der Waals surface area contributed by atoms with E-state index in [9.17, 15) is 21.6 Å². The number of rotatable bonds is 8. The molecule has 0 fully saturated rings. The summed E-state index contributed by atoms with van der Waals surface area (Å²) in [6.07, 6.45) is 5.65. The number of benzene rings is 2. The predicted molar refractivity (Wildman–Crippen MR) is 127 cm³/mol. The number of carbonyl (C=O) groups excluding carboxylic acids is 1. The number of sulfone groups is 1. The Balaban J connectivity index is 1.64. The molecule has 8 nitrogen and oxygen atoms in total. The van der Waals surface area contributed by atoms with E-state index in [1.165, 1.54) is 35.2 Å². The molecular formula is C23H23N3O5S2. The van der Waals surface area contributed by atoms with Crippen molar-refractivity contribution in [1.29, 1.82) is 0 Å². The number of amides is 1. The maximum atomic E-state index is 12.5. The van der Waals surface area contributed by atoms with E-state index < -0.39 is 19.9 Å². The van der Waals surface area contributed by atoms with Gasteiger partial charge in [-0.25, -0.2) is 21.6 Å². The van der Waals surface area contributed by atoms with E-state index in [1.54, 1.807) is 61.8 Å². The Hall–Kier alpha value is -3.34. The first kappa shape index (κ1) is 24.3. The molecule has 0 aliphatic rings. The molecule has 1 N–H and O–H groups in total. The van der Waals surface area contributed by atoms with Crippen molar-refractivity contribution in [2.24, 2.45) is 0 Å². The summed E-state index contributed by atoms with van der Waals surface area (Å²) in [5, 5.41) is 0. The van der Waals surface area contributed by atoms with Crippen molar-refractivity contribution in [2.75, 3.05) is 18.2 Å². The van der Waals surface area contributed by atoms with Gasteiger partial charge in [0.15, 0.2) is 9.84 Å². The van der Waals surface area contributed by atoms with Gasteiger partial charge in [0, 0.05) is 31.3 Å². The van der Waals surface area contributed by atoms with E-state index in [-0.39, 0.29) is 22.2 Å². The Morgan fingerprint density at radius 2 is 1.58 bits per heavy atom. The van der Waals surface area contributed by atoms with Crippen LogP contribution in [-0.4, -0.2) is 41.0 Å². The lowest BCUT2D eigenvalue weighted by molar-refractivity contribution is -0.113. The van der Waals surface area contributed by atoms with Crippen LogP contribution in [-0.2, 0) is 31.2 Å². The van der Waals surface area contributed by atoms with Gasteiger partial charge in [0.05, 0.1) is 22.0 Å². The Labute approximate surface area is 193 Å². The van der Waals surface area contributed by atoms with Crippen LogP contribution in [0.25, 0.3) is 6.08 Å². The van der Waals surface area contributed by atoms with Crippen LogP contribution >= 0.6 is 0 Å². The van der Waals surface area contributed by atoms with Crippen molar-refractivity contribution >= 4 is 37.5 Å². The third-order valence-corrected chi connectivity index (χ3v) is 7.31. The van der Waals surface area contributed by atoms with Gasteiger partial charge in [0.25, 0.3) is 5.91 Å². The topological polar surface area (TPSA) is 114 Å². The number of sulfonamides is 1. The van der Waals surface area contributed by atoms with Gasteiger partial charge in [0.2, 0.25) is 10.0 Å². The van der Waals surface area contributed by atoms with Gasteiger partial charge in [-0.3, -0.25) is 9.78 Å². The molecule has 0 radical (unpaired) electrons. The van der Waals surface area contributed by atoms with Crippen molar-refractivity contribution in [3.05, 3.63) is 90.3 Å². The summed E-state index contributed by atoms with van der Waals surface area (Å²) < 4.78 is 50.5. The summed E-state index contributed by atoms with van der Waals surface area (Å²) in [6.45, 7) is 0.0687. The van der Waals surface area contributed by atoms with E-state index in [0.29, 0.717) is 16.9 Å². The lowest BCUT2D eigenvalue weighted by atomic mass is 10.2. The maximum Gasteiger partial charge on any atom is 0.250 e. The average Bonchev–Trinajstić information content (AvgIpc) is 2.81. The Kier molecular flexibility index (Phi) is 7.42. The minimum Gasteiger partial charge on any atom is -0.312 e. The zero-order valence-electron chi connectivity index (χ0n) is 18.0. The zero-order valence-corrected chi connectivity index (χ0v) is 19.7. The second-order valence-electron chi connectivity index (χ2n) is 7.21. The second kappa shape index (κ2) is 10.1. The molecule has 0 bridgehead atoms. The van der Waals surface area contributed by atoms with Gasteiger partial charge in [0.1, 0.15) is 0 Å². The highest BCUT2D eigenvalue weighted by atomic mass is 32.2. The van der Waals surface area contributed by atoms with Gasteiger partial charge in [-0.15, -0.1) is 0 Å². The fraction of sp³-hybridized carbons (Fsp3) is 0.130. The maximum absolute atomic E-state index is 12.5. The summed E-state index contributed by atoms with van der Waals surface area (Å²) in [5.41, 5.74) is 1.78. The van der Waals surface area contributed by atoms with Crippen molar-refractivity contribution in [1.82, 2.24) is 9.71 Å². The SMILES string of the molecule is CN(C(=O)/C=C/c1ccc(S(C)(=O)=O)cc1)c1ccc(S(=O)(=O)NCc2ccccn2)cc1. The van der Waals surface area contributed by atoms with E-state index in [2.05, 4.69) is 9.71 Å². The second-order valence-corrected chi connectivity index (χ2v) is 11.0. The van der Waals surface area contributed by atoms with E-state index in [1.807, 2.05) is 0 Å². The number of hydrogen-bond donors (Lipinski definition) is 1. The molecule has 0 atom stereocenters. The van der Waals surface area contributed by atoms with Crippen LogP contribution < -0.4 is 9.62 Å². The summed E-state index contributed by atoms with van der Waals surface area (Å²) in [7, 11) is -5.44. The first-order valence-electron chi connectivity index (χ1n) is 9.82. The molecule has 10 heteroatoms. The number of pyridine rings is 1. The minimum atomic E-state index is -3.73. The van der Waals surface area contributed by atoms with Crippen LogP contribution in [0.2, 0.25) is 0 Å². The number of anilines is 1. The minimum absolute atomic E-state index is 0.0687. The molecule has 1 amide bonds. The van der Waals surface area contributed by atoms with Gasteiger partial charge in [-0.2, -0.15) is 0 Å². The molecule has 0 aliphatic carbocycles. The van der Waals surface area contributed by atoms with Crippen LogP contribution in [0.1, 0.15) is 11.3 Å². The van der Waals surface area contributed by atoms with Crippen molar-refractivity contribution in [3.8, 4) is 0 Å². The molecule has 2 aromatic carbocycles. The first-order chi connectivity index (χ1) is 15.6. The van der Waals surface area contributed by atoms with Crippen LogP contribution in [0.3, 0.4) is 0 Å². The molecule has 0 saturated carbocycles. The van der Waals surface area contributed by atoms with Gasteiger partial charge < -0.3 is 4.90 Å². The molecule has 0 spiro atoms. The van der Waals surface area contributed by atoms with Crippen molar-refractivity contribution in [2.45, 2.75) is 16.3 Å². The number of carbonyl (C=O) groups is 1. The highest BCUT2D eigenvalue weighted by Crippen LogP contribution is 2.18. The lowest BCUT2D eigenvalue weighted by Gasteiger charge is -2.16. The van der Waals surface area contributed by atoms with Crippen LogP contribution in [0.15, 0.2) is 88.8 Å². The van der Waals surface area contributed by atoms with Gasteiger partial charge >= 0.3 is 0 Å².